The molecule has 4 aromatic rings. The fraction of sp³-hybridized carbons (Fsp3) is 0.200. The Bertz CT molecular complexity index is 1220. The third kappa shape index (κ3) is 3.23. The summed E-state index contributed by atoms with van der Waals surface area (Å²) in [7, 11) is 0. The maximum Gasteiger partial charge on any atom is 0.0967 e. The minimum atomic E-state index is 0.883. The van der Waals surface area contributed by atoms with Crippen LogP contribution >= 0.6 is 0 Å². The van der Waals surface area contributed by atoms with E-state index >= 15 is 0 Å². The Morgan fingerprint density at radius 1 is 0.556 bits per heavy atom. The van der Waals surface area contributed by atoms with Crippen LogP contribution in [0.25, 0.3) is 21.5 Å². The van der Waals surface area contributed by atoms with Gasteiger partial charge >= 0.3 is 0 Å². The molecule has 0 atom stereocenters. The van der Waals surface area contributed by atoms with Crippen LogP contribution in [-0.4, -0.2) is 0 Å². The zero-order valence-corrected chi connectivity index (χ0v) is 16.6. The first-order chi connectivity index (χ1) is 12.9. The van der Waals surface area contributed by atoms with Crippen molar-refractivity contribution in [3.8, 4) is 0 Å². The average Bonchev–Trinajstić information content (AvgIpc) is 2.61. The number of fused-ring (bicyclic) bond motifs is 2. The topological polar surface area (TPSA) is 24.7 Å². The van der Waals surface area contributed by atoms with Gasteiger partial charge in [-0.15, -0.1) is 5.11 Å². The summed E-state index contributed by atoms with van der Waals surface area (Å²) in [6.45, 7) is 10.7. The van der Waals surface area contributed by atoms with Gasteiger partial charge in [0.2, 0.25) is 0 Å². The van der Waals surface area contributed by atoms with E-state index < -0.39 is 0 Å². The molecule has 0 aromatic heterocycles. The Kier molecular flexibility index (Phi) is 4.27. The lowest BCUT2D eigenvalue weighted by Crippen LogP contribution is -1.85. The summed E-state index contributed by atoms with van der Waals surface area (Å²) >= 11 is 0. The number of azo groups is 1. The average molecular weight is 352 g/mol. The number of hydrogen-bond acceptors (Lipinski definition) is 2. The predicted molar refractivity (Wildman–Crippen MR) is 116 cm³/mol. The van der Waals surface area contributed by atoms with Gasteiger partial charge in [-0.1, -0.05) is 53.6 Å². The van der Waals surface area contributed by atoms with Crippen molar-refractivity contribution in [1.82, 2.24) is 0 Å². The van der Waals surface area contributed by atoms with Crippen LogP contribution in [0, 0.1) is 34.6 Å². The molecule has 0 aliphatic carbocycles. The van der Waals surface area contributed by atoms with Gasteiger partial charge in [0.25, 0.3) is 0 Å². The van der Waals surface area contributed by atoms with Crippen molar-refractivity contribution in [2.75, 3.05) is 0 Å². The second kappa shape index (κ2) is 6.62. The molecule has 0 fully saturated rings. The molecule has 2 nitrogen and oxygen atoms in total. The summed E-state index contributed by atoms with van der Waals surface area (Å²) in [5.41, 5.74) is 8.09. The van der Waals surface area contributed by atoms with E-state index in [1.165, 1.54) is 44.0 Å². The summed E-state index contributed by atoms with van der Waals surface area (Å²) in [6.07, 6.45) is 0. The molecule has 134 valence electrons. The fourth-order valence-corrected chi connectivity index (χ4v) is 3.78. The molecule has 4 rings (SSSR count). The highest BCUT2D eigenvalue weighted by molar-refractivity contribution is 5.95. The van der Waals surface area contributed by atoms with Gasteiger partial charge in [0.1, 0.15) is 0 Å². The number of nitrogens with zero attached hydrogens (tertiary/aromatic N) is 2. The second-order valence-corrected chi connectivity index (χ2v) is 7.58. The molecule has 0 aliphatic heterocycles. The van der Waals surface area contributed by atoms with Crippen LogP contribution in [0.4, 0.5) is 11.4 Å². The molecule has 0 N–H and O–H groups in total. The predicted octanol–water partition coefficient (Wildman–Crippen LogP) is 7.95. The molecule has 0 heterocycles. The van der Waals surface area contributed by atoms with E-state index in [1.807, 2.05) is 6.07 Å². The Balaban J connectivity index is 1.83. The lowest BCUT2D eigenvalue weighted by molar-refractivity contribution is 1.21. The van der Waals surface area contributed by atoms with Crippen molar-refractivity contribution in [2.24, 2.45) is 10.2 Å². The van der Waals surface area contributed by atoms with Crippen molar-refractivity contribution in [3.05, 3.63) is 82.4 Å². The molecule has 0 spiro atoms. The van der Waals surface area contributed by atoms with E-state index in [0.717, 1.165) is 16.8 Å². The molecule has 27 heavy (non-hydrogen) atoms. The van der Waals surface area contributed by atoms with Crippen LogP contribution in [0.2, 0.25) is 0 Å². The zero-order chi connectivity index (χ0) is 19.1. The van der Waals surface area contributed by atoms with Crippen LogP contribution in [0.1, 0.15) is 27.8 Å². The highest BCUT2D eigenvalue weighted by atomic mass is 15.1. The quantitative estimate of drug-likeness (QED) is 0.327. The van der Waals surface area contributed by atoms with Crippen LogP contribution in [-0.2, 0) is 0 Å². The molecule has 2 heteroatoms. The van der Waals surface area contributed by atoms with Crippen LogP contribution in [0.5, 0.6) is 0 Å². The minimum absolute atomic E-state index is 0.883. The van der Waals surface area contributed by atoms with Crippen molar-refractivity contribution < 1.29 is 0 Å². The smallest absolute Gasteiger partial charge is 0.0967 e. The third-order valence-corrected chi connectivity index (χ3v) is 5.33. The molecule has 4 aromatic carbocycles. The highest BCUT2D eigenvalue weighted by Gasteiger charge is 2.08. The minimum Gasteiger partial charge on any atom is -0.151 e. The molecule has 0 amide bonds. The summed E-state index contributed by atoms with van der Waals surface area (Å²) in [6, 6.07) is 19.5. The Morgan fingerprint density at radius 2 is 1.26 bits per heavy atom. The third-order valence-electron chi connectivity index (χ3n) is 5.33. The first-order valence-electron chi connectivity index (χ1n) is 9.36. The standard InChI is InChI=1S/C25H24N2/c1-15-6-8-24-20(11-15)13-17(3)19(5)25(24)27-26-22-7-9-23-18(4)10-16(2)12-21(23)14-22/h6-14H,1-5H3. The SMILES string of the molecule is Cc1cc(C)c2ccc(N=Nc3c(C)c(C)cc4cc(C)ccc34)cc2c1. The molecule has 0 unspecified atom stereocenters. The van der Waals surface area contributed by atoms with Crippen LogP contribution < -0.4 is 0 Å². The normalized spacial score (nSPS) is 11.7. The molecule has 0 radical (unpaired) electrons. The van der Waals surface area contributed by atoms with Crippen LogP contribution in [0.3, 0.4) is 0 Å². The number of benzene rings is 4. The summed E-state index contributed by atoms with van der Waals surface area (Å²) in [5, 5.41) is 14.1. The van der Waals surface area contributed by atoms with Gasteiger partial charge < -0.3 is 0 Å². The largest absolute Gasteiger partial charge is 0.151 e. The monoisotopic (exact) mass is 352 g/mol. The summed E-state index contributed by atoms with van der Waals surface area (Å²) in [4.78, 5) is 0. The maximum absolute atomic E-state index is 4.67. The molecule has 0 saturated carbocycles. The first-order valence-corrected chi connectivity index (χ1v) is 9.36. The Labute approximate surface area is 160 Å². The zero-order valence-electron chi connectivity index (χ0n) is 16.6. The summed E-state index contributed by atoms with van der Waals surface area (Å²) < 4.78 is 0. The highest BCUT2D eigenvalue weighted by Crippen LogP contribution is 2.34. The maximum atomic E-state index is 4.67. The number of aryl methyl sites for hydroxylation is 4. The van der Waals surface area contributed by atoms with Gasteiger partial charge in [0, 0.05) is 5.39 Å². The van der Waals surface area contributed by atoms with E-state index in [4.69, 9.17) is 0 Å². The lowest BCUT2D eigenvalue weighted by Gasteiger charge is -2.10. The van der Waals surface area contributed by atoms with E-state index in [9.17, 15) is 0 Å². The molecular weight excluding hydrogens is 328 g/mol. The lowest BCUT2D eigenvalue weighted by atomic mass is 9.99. The Morgan fingerprint density at radius 3 is 2.07 bits per heavy atom. The van der Waals surface area contributed by atoms with E-state index in [2.05, 4.69) is 93.4 Å². The van der Waals surface area contributed by atoms with Crippen molar-refractivity contribution in [1.29, 1.82) is 0 Å². The van der Waals surface area contributed by atoms with Gasteiger partial charge in [0.05, 0.1) is 11.4 Å². The van der Waals surface area contributed by atoms with Gasteiger partial charge in [-0.25, -0.2) is 0 Å². The van der Waals surface area contributed by atoms with Crippen molar-refractivity contribution in [3.63, 3.8) is 0 Å². The molecular formula is C25H24N2. The van der Waals surface area contributed by atoms with Gasteiger partial charge in [0.15, 0.2) is 0 Å². The molecule has 0 bridgehead atoms. The van der Waals surface area contributed by atoms with E-state index in [-0.39, 0.29) is 0 Å². The van der Waals surface area contributed by atoms with Gasteiger partial charge in [-0.3, -0.25) is 0 Å². The van der Waals surface area contributed by atoms with Gasteiger partial charge in [-0.05, 0) is 79.6 Å². The Hall–Kier alpha value is -3.00. The second-order valence-electron chi connectivity index (χ2n) is 7.58. The molecule has 0 saturated heterocycles. The van der Waals surface area contributed by atoms with E-state index in [1.54, 1.807) is 0 Å². The fourth-order valence-electron chi connectivity index (χ4n) is 3.78. The van der Waals surface area contributed by atoms with Gasteiger partial charge in [-0.2, -0.15) is 5.11 Å². The van der Waals surface area contributed by atoms with Crippen LogP contribution in [0.15, 0.2) is 64.8 Å². The number of hydrogen-bond donors (Lipinski definition) is 0. The van der Waals surface area contributed by atoms with E-state index in [0.29, 0.717) is 0 Å². The summed E-state index contributed by atoms with van der Waals surface area (Å²) in [5.74, 6) is 0. The van der Waals surface area contributed by atoms with Crippen molar-refractivity contribution in [2.45, 2.75) is 34.6 Å². The first kappa shape index (κ1) is 17.4. The van der Waals surface area contributed by atoms with Crippen molar-refractivity contribution >= 4 is 32.9 Å². The number of rotatable bonds is 2. The molecule has 0 aliphatic rings.